The first-order chi connectivity index (χ1) is 7.27. The maximum atomic E-state index is 8.67. The third-order valence-electron chi connectivity index (χ3n) is 3.15. The maximum Gasteiger partial charge on any atom is 0.166 e. The zero-order valence-electron chi connectivity index (χ0n) is 9.46. The number of hydrogen-bond donors (Lipinski definition) is 3. The van der Waals surface area contributed by atoms with Crippen LogP contribution < -0.4 is 10.6 Å². The van der Waals surface area contributed by atoms with Crippen LogP contribution in [-0.4, -0.2) is 29.4 Å². The molecule has 3 N–H and O–H groups in total. The number of hydrogen-bond acceptors (Lipinski definition) is 2. The Morgan fingerprint density at radius 1 is 1.40 bits per heavy atom. The van der Waals surface area contributed by atoms with Gasteiger partial charge in [-0.1, -0.05) is 26.2 Å². The molecule has 0 heterocycles. The Bertz CT molecular complexity index is 199. The molecule has 0 amide bonds. The van der Waals surface area contributed by atoms with Gasteiger partial charge in [0.25, 0.3) is 0 Å². The molecule has 1 fully saturated rings. The van der Waals surface area contributed by atoms with Crippen LogP contribution in [0.15, 0.2) is 0 Å². The number of thiocarbonyl (C=S) groups is 1. The van der Waals surface area contributed by atoms with Crippen LogP contribution in [0.4, 0.5) is 0 Å². The predicted molar refractivity (Wildman–Crippen MR) is 66.9 cm³/mol. The van der Waals surface area contributed by atoms with Crippen LogP contribution in [-0.2, 0) is 0 Å². The van der Waals surface area contributed by atoms with Gasteiger partial charge in [-0.05, 0) is 31.0 Å². The van der Waals surface area contributed by atoms with Crippen molar-refractivity contribution in [3.63, 3.8) is 0 Å². The minimum absolute atomic E-state index is 0.129. The van der Waals surface area contributed by atoms with E-state index in [0.717, 1.165) is 5.92 Å². The Kier molecular flexibility index (Phi) is 5.95. The lowest BCUT2D eigenvalue weighted by Gasteiger charge is -2.32. The molecule has 0 bridgehead atoms. The summed E-state index contributed by atoms with van der Waals surface area (Å²) >= 11 is 5.17. The van der Waals surface area contributed by atoms with Gasteiger partial charge in [0.2, 0.25) is 0 Å². The monoisotopic (exact) mass is 230 g/mol. The van der Waals surface area contributed by atoms with Gasteiger partial charge in [0.15, 0.2) is 5.11 Å². The second kappa shape index (κ2) is 7.01. The van der Waals surface area contributed by atoms with E-state index in [2.05, 4.69) is 17.6 Å². The summed E-state index contributed by atoms with van der Waals surface area (Å²) in [5.41, 5.74) is 0. The fraction of sp³-hybridized carbons (Fsp3) is 0.909. The molecule has 2 atom stereocenters. The number of rotatable bonds is 4. The van der Waals surface area contributed by atoms with E-state index in [0.29, 0.717) is 17.7 Å². The Balaban J connectivity index is 2.30. The van der Waals surface area contributed by atoms with Gasteiger partial charge in [-0.15, -0.1) is 0 Å². The molecule has 0 saturated heterocycles. The van der Waals surface area contributed by atoms with Gasteiger partial charge in [0.05, 0.1) is 6.61 Å². The molecule has 1 saturated carbocycles. The van der Waals surface area contributed by atoms with Crippen LogP contribution >= 0.6 is 12.2 Å². The van der Waals surface area contributed by atoms with E-state index in [4.69, 9.17) is 17.3 Å². The smallest absolute Gasteiger partial charge is 0.166 e. The Morgan fingerprint density at radius 3 is 2.80 bits per heavy atom. The fourth-order valence-electron chi connectivity index (χ4n) is 2.28. The zero-order chi connectivity index (χ0) is 11.1. The first-order valence-electron chi connectivity index (χ1n) is 5.93. The lowest BCUT2D eigenvalue weighted by molar-refractivity contribution is 0.277. The quantitative estimate of drug-likeness (QED) is 0.639. The molecule has 0 aromatic rings. The standard InChI is InChI=1S/C11H22N2OS/c1-2-9-5-3-4-6-10(9)13-11(15)12-7-8-14/h9-10,14H,2-8H2,1H3,(H2,12,13,15)/t9-,10?/m0/s1. The fourth-order valence-corrected chi connectivity index (χ4v) is 2.53. The molecule has 3 nitrogen and oxygen atoms in total. The SMILES string of the molecule is CC[C@H]1CCCCC1NC(=S)NCCO. The summed E-state index contributed by atoms with van der Waals surface area (Å²) in [6.45, 7) is 2.91. The molecule has 1 unspecified atom stereocenters. The van der Waals surface area contributed by atoms with Gasteiger partial charge in [-0.2, -0.15) is 0 Å². The van der Waals surface area contributed by atoms with Gasteiger partial charge >= 0.3 is 0 Å². The molecule has 1 aliphatic carbocycles. The molecular weight excluding hydrogens is 208 g/mol. The van der Waals surface area contributed by atoms with E-state index in [1.165, 1.54) is 32.1 Å². The molecule has 4 heteroatoms. The molecule has 15 heavy (non-hydrogen) atoms. The minimum Gasteiger partial charge on any atom is -0.395 e. The van der Waals surface area contributed by atoms with E-state index < -0.39 is 0 Å². The van der Waals surface area contributed by atoms with Crippen LogP contribution in [0, 0.1) is 5.92 Å². The maximum absolute atomic E-state index is 8.67. The van der Waals surface area contributed by atoms with Crippen LogP contribution in [0.2, 0.25) is 0 Å². The first-order valence-corrected chi connectivity index (χ1v) is 6.34. The van der Waals surface area contributed by atoms with Crippen molar-refractivity contribution in [2.24, 2.45) is 5.92 Å². The molecule has 1 rings (SSSR count). The largest absolute Gasteiger partial charge is 0.395 e. The van der Waals surface area contributed by atoms with Crippen molar-refractivity contribution < 1.29 is 5.11 Å². The number of aliphatic hydroxyl groups is 1. The molecule has 0 radical (unpaired) electrons. The highest BCUT2D eigenvalue weighted by atomic mass is 32.1. The van der Waals surface area contributed by atoms with Crippen LogP contribution in [0.25, 0.3) is 0 Å². The summed E-state index contributed by atoms with van der Waals surface area (Å²) in [6.07, 6.45) is 6.42. The predicted octanol–water partition coefficient (Wildman–Crippen LogP) is 1.41. The van der Waals surface area contributed by atoms with E-state index in [1.807, 2.05) is 0 Å². The van der Waals surface area contributed by atoms with E-state index >= 15 is 0 Å². The van der Waals surface area contributed by atoms with Crippen LogP contribution in [0.5, 0.6) is 0 Å². The molecule has 0 aromatic carbocycles. The zero-order valence-corrected chi connectivity index (χ0v) is 10.3. The van der Waals surface area contributed by atoms with E-state index in [9.17, 15) is 0 Å². The van der Waals surface area contributed by atoms with Crippen molar-refractivity contribution in [2.75, 3.05) is 13.2 Å². The molecule has 0 spiro atoms. The summed E-state index contributed by atoms with van der Waals surface area (Å²) in [6, 6.07) is 0.530. The summed E-state index contributed by atoms with van der Waals surface area (Å²) in [4.78, 5) is 0. The molecule has 0 aromatic heterocycles. The highest BCUT2D eigenvalue weighted by Crippen LogP contribution is 2.26. The summed E-state index contributed by atoms with van der Waals surface area (Å²) in [7, 11) is 0. The van der Waals surface area contributed by atoms with Crippen molar-refractivity contribution >= 4 is 17.3 Å². The number of nitrogens with one attached hydrogen (secondary N) is 2. The highest BCUT2D eigenvalue weighted by molar-refractivity contribution is 7.80. The highest BCUT2D eigenvalue weighted by Gasteiger charge is 2.23. The molecule has 88 valence electrons. The topological polar surface area (TPSA) is 44.3 Å². The second-order valence-electron chi connectivity index (χ2n) is 4.18. The third-order valence-corrected chi connectivity index (χ3v) is 3.41. The summed E-state index contributed by atoms with van der Waals surface area (Å²) < 4.78 is 0. The average Bonchev–Trinajstić information content (AvgIpc) is 2.27. The third kappa shape index (κ3) is 4.34. The van der Waals surface area contributed by atoms with Crippen molar-refractivity contribution in [3.8, 4) is 0 Å². The molecule has 1 aliphatic rings. The lowest BCUT2D eigenvalue weighted by Crippen LogP contribution is -2.47. The molecular formula is C11H22N2OS. The first kappa shape index (κ1) is 12.7. The normalized spacial score (nSPS) is 26.0. The van der Waals surface area contributed by atoms with Crippen molar-refractivity contribution in [1.29, 1.82) is 0 Å². The van der Waals surface area contributed by atoms with Gasteiger partial charge in [0, 0.05) is 12.6 Å². The van der Waals surface area contributed by atoms with Gasteiger partial charge in [-0.25, -0.2) is 0 Å². The van der Waals surface area contributed by atoms with Gasteiger partial charge in [0.1, 0.15) is 0 Å². The van der Waals surface area contributed by atoms with E-state index in [1.54, 1.807) is 0 Å². The van der Waals surface area contributed by atoms with Crippen LogP contribution in [0.3, 0.4) is 0 Å². The van der Waals surface area contributed by atoms with Gasteiger partial charge < -0.3 is 15.7 Å². The lowest BCUT2D eigenvalue weighted by atomic mass is 9.83. The van der Waals surface area contributed by atoms with Crippen molar-refractivity contribution in [2.45, 2.75) is 45.1 Å². The Morgan fingerprint density at radius 2 is 2.13 bits per heavy atom. The Labute approximate surface area is 97.6 Å². The number of aliphatic hydroxyl groups excluding tert-OH is 1. The van der Waals surface area contributed by atoms with E-state index in [-0.39, 0.29) is 6.61 Å². The summed E-state index contributed by atoms with van der Waals surface area (Å²) in [5, 5.41) is 15.7. The van der Waals surface area contributed by atoms with Gasteiger partial charge in [-0.3, -0.25) is 0 Å². The van der Waals surface area contributed by atoms with Crippen LogP contribution in [0.1, 0.15) is 39.0 Å². The molecule has 0 aliphatic heterocycles. The Hall–Kier alpha value is -0.350. The minimum atomic E-state index is 0.129. The average molecular weight is 230 g/mol. The van der Waals surface area contributed by atoms with Crippen molar-refractivity contribution in [3.05, 3.63) is 0 Å². The van der Waals surface area contributed by atoms with Crippen molar-refractivity contribution in [1.82, 2.24) is 10.6 Å². The second-order valence-corrected chi connectivity index (χ2v) is 4.59. The summed E-state index contributed by atoms with van der Waals surface area (Å²) in [5.74, 6) is 0.757.